The molecule has 98 valence electrons. The molecule has 0 aliphatic carbocycles. The molecule has 2 rings (SSSR count). The lowest BCUT2D eigenvalue weighted by Crippen LogP contribution is -2.05. The molecular formula is C12H9NO5S. The largest absolute Gasteiger partial charge is 0.478 e. The third kappa shape index (κ3) is 2.04. The Morgan fingerprint density at radius 2 is 2.00 bits per heavy atom. The first-order valence-corrected chi connectivity index (χ1v) is 6.02. The molecule has 2 N–H and O–H groups in total. The number of aldehydes is 1. The molecule has 0 aliphatic rings. The van der Waals surface area contributed by atoms with Crippen molar-refractivity contribution in [3.63, 3.8) is 0 Å². The normalized spacial score (nSPS) is 10.4. The van der Waals surface area contributed by atoms with Crippen molar-refractivity contribution in [2.45, 2.75) is 6.92 Å². The summed E-state index contributed by atoms with van der Waals surface area (Å²) in [6, 6.07) is 3.11. The van der Waals surface area contributed by atoms with Gasteiger partial charge in [0.15, 0.2) is 6.29 Å². The number of rotatable bonds is 4. The average molecular weight is 279 g/mol. The van der Waals surface area contributed by atoms with Gasteiger partial charge >= 0.3 is 11.9 Å². The molecule has 0 atom stereocenters. The Morgan fingerprint density at radius 1 is 1.32 bits per heavy atom. The van der Waals surface area contributed by atoms with E-state index in [4.69, 9.17) is 5.11 Å². The summed E-state index contributed by atoms with van der Waals surface area (Å²) in [6.07, 6.45) is 2.11. The van der Waals surface area contributed by atoms with Crippen molar-refractivity contribution >= 4 is 29.6 Å². The fourth-order valence-corrected chi connectivity index (χ4v) is 2.94. The number of aromatic nitrogens is 1. The minimum absolute atomic E-state index is 0.0436. The van der Waals surface area contributed by atoms with Gasteiger partial charge in [-0.3, -0.25) is 4.79 Å². The van der Waals surface area contributed by atoms with Crippen molar-refractivity contribution in [2.75, 3.05) is 0 Å². The molecule has 0 aliphatic heterocycles. The van der Waals surface area contributed by atoms with Gasteiger partial charge in [0, 0.05) is 6.20 Å². The summed E-state index contributed by atoms with van der Waals surface area (Å²) >= 11 is 0.834. The summed E-state index contributed by atoms with van der Waals surface area (Å²) in [5.41, 5.74) is 0.355. The Kier molecular flexibility index (Phi) is 3.22. The van der Waals surface area contributed by atoms with E-state index in [2.05, 4.69) is 0 Å². The van der Waals surface area contributed by atoms with Crippen LogP contribution in [-0.2, 0) is 0 Å². The zero-order valence-corrected chi connectivity index (χ0v) is 10.6. The summed E-state index contributed by atoms with van der Waals surface area (Å²) < 4.78 is 1.38. The van der Waals surface area contributed by atoms with Crippen LogP contribution >= 0.6 is 11.3 Å². The van der Waals surface area contributed by atoms with Gasteiger partial charge in [-0.1, -0.05) is 0 Å². The summed E-state index contributed by atoms with van der Waals surface area (Å²) in [7, 11) is 0. The second-order valence-corrected chi connectivity index (χ2v) is 4.77. The van der Waals surface area contributed by atoms with Gasteiger partial charge in [0.1, 0.15) is 9.88 Å². The maximum absolute atomic E-state index is 11.3. The molecule has 6 nitrogen and oxygen atoms in total. The molecule has 0 saturated carbocycles. The van der Waals surface area contributed by atoms with Crippen molar-refractivity contribution in [1.29, 1.82) is 0 Å². The fourth-order valence-electron chi connectivity index (χ4n) is 1.80. The Bertz CT molecular complexity index is 682. The highest BCUT2D eigenvalue weighted by Gasteiger charge is 2.25. The number of carboxylic acids is 2. The Morgan fingerprint density at radius 3 is 2.53 bits per heavy atom. The van der Waals surface area contributed by atoms with Crippen molar-refractivity contribution in [3.05, 3.63) is 40.0 Å². The highest BCUT2D eigenvalue weighted by atomic mass is 32.1. The van der Waals surface area contributed by atoms with Gasteiger partial charge in [-0.05, 0) is 24.6 Å². The molecular weight excluding hydrogens is 270 g/mol. The molecule has 0 bridgehead atoms. The van der Waals surface area contributed by atoms with Crippen LogP contribution < -0.4 is 0 Å². The monoisotopic (exact) mass is 279 g/mol. The Labute approximate surface area is 111 Å². The van der Waals surface area contributed by atoms with E-state index >= 15 is 0 Å². The van der Waals surface area contributed by atoms with Crippen molar-refractivity contribution in [3.8, 4) is 5.00 Å². The third-order valence-electron chi connectivity index (χ3n) is 2.66. The van der Waals surface area contributed by atoms with Crippen LogP contribution in [0.15, 0.2) is 18.3 Å². The van der Waals surface area contributed by atoms with E-state index in [0.29, 0.717) is 6.29 Å². The first kappa shape index (κ1) is 13.0. The molecule has 2 aromatic rings. The Balaban J connectivity index is 2.76. The van der Waals surface area contributed by atoms with E-state index in [1.54, 1.807) is 6.07 Å². The molecule has 0 unspecified atom stereocenters. The summed E-state index contributed by atoms with van der Waals surface area (Å²) in [5.74, 6) is -2.40. The molecule has 0 spiro atoms. The molecule has 0 aromatic carbocycles. The number of carboxylic acid groups (broad SMARTS) is 2. The van der Waals surface area contributed by atoms with E-state index in [-0.39, 0.29) is 26.7 Å². The van der Waals surface area contributed by atoms with Crippen molar-refractivity contribution < 1.29 is 24.6 Å². The van der Waals surface area contributed by atoms with Crippen LogP contribution in [0, 0.1) is 6.92 Å². The summed E-state index contributed by atoms with van der Waals surface area (Å²) in [4.78, 5) is 33.2. The maximum atomic E-state index is 11.3. The van der Waals surface area contributed by atoms with Crippen LogP contribution in [-0.4, -0.2) is 33.0 Å². The molecule has 0 radical (unpaired) electrons. The topological polar surface area (TPSA) is 96.6 Å². The number of thiophene rings is 1. The van der Waals surface area contributed by atoms with Crippen LogP contribution in [0.2, 0.25) is 0 Å². The van der Waals surface area contributed by atoms with Crippen LogP contribution in [0.4, 0.5) is 0 Å². The molecule has 0 saturated heterocycles. The van der Waals surface area contributed by atoms with Gasteiger partial charge in [-0.25, -0.2) is 9.59 Å². The molecule has 7 heteroatoms. The predicted octanol–water partition coefficient (Wildman–Crippen LogP) is 2.06. The number of aromatic carboxylic acids is 2. The number of nitrogens with zero attached hydrogens (tertiary/aromatic N) is 1. The Hall–Kier alpha value is -2.41. The standard InChI is InChI=1S/C12H9NO5S/c1-6-8(11(15)16)10(19-9(6)12(17)18)13-4-2-3-7(13)5-14/h2-5H,1H3,(H,15,16)(H,17,18). The van der Waals surface area contributed by atoms with E-state index in [1.165, 1.54) is 23.8 Å². The number of carbonyl (C=O) groups excluding carboxylic acids is 1. The van der Waals surface area contributed by atoms with Crippen molar-refractivity contribution in [2.24, 2.45) is 0 Å². The third-order valence-corrected chi connectivity index (χ3v) is 3.94. The predicted molar refractivity (Wildman–Crippen MR) is 67.7 cm³/mol. The van der Waals surface area contributed by atoms with E-state index in [0.717, 1.165) is 11.3 Å². The zero-order chi connectivity index (χ0) is 14.2. The van der Waals surface area contributed by atoms with Crippen LogP contribution in [0.3, 0.4) is 0 Å². The average Bonchev–Trinajstić information content (AvgIpc) is 2.91. The van der Waals surface area contributed by atoms with Gasteiger partial charge in [0.25, 0.3) is 0 Å². The highest BCUT2D eigenvalue weighted by molar-refractivity contribution is 7.17. The fraction of sp³-hybridized carbons (Fsp3) is 0.0833. The van der Waals surface area contributed by atoms with Crippen molar-refractivity contribution in [1.82, 2.24) is 4.57 Å². The highest BCUT2D eigenvalue weighted by Crippen LogP contribution is 2.32. The smallest absolute Gasteiger partial charge is 0.346 e. The number of hydrogen-bond acceptors (Lipinski definition) is 4. The van der Waals surface area contributed by atoms with Gasteiger partial charge in [0.05, 0.1) is 11.3 Å². The van der Waals surface area contributed by atoms with Crippen LogP contribution in [0.1, 0.15) is 36.1 Å². The SMILES string of the molecule is Cc1c(C(=O)O)sc(-n2cccc2C=O)c1C(=O)O. The van der Waals surface area contributed by atoms with Gasteiger partial charge in [-0.15, -0.1) is 11.3 Å². The lowest BCUT2D eigenvalue weighted by molar-refractivity contribution is 0.0695. The second-order valence-electron chi connectivity index (χ2n) is 3.77. The molecule has 2 heterocycles. The molecule has 0 amide bonds. The molecule has 19 heavy (non-hydrogen) atoms. The van der Waals surface area contributed by atoms with Gasteiger partial charge in [0.2, 0.25) is 0 Å². The molecule has 2 aromatic heterocycles. The van der Waals surface area contributed by atoms with Gasteiger partial charge < -0.3 is 14.8 Å². The van der Waals surface area contributed by atoms with E-state index in [1.807, 2.05) is 0 Å². The quantitative estimate of drug-likeness (QED) is 0.835. The number of hydrogen-bond donors (Lipinski definition) is 2. The lowest BCUT2D eigenvalue weighted by Gasteiger charge is -2.04. The summed E-state index contributed by atoms with van der Waals surface area (Å²) in [6.45, 7) is 1.44. The summed E-state index contributed by atoms with van der Waals surface area (Å²) in [5, 5.41) is 18.5. The number of carbonyl (C=O) groups is 3. The van der Waals surface area contributed by atoms with E-state index < -0.39 is 11.9 Å². The van der Waals surface area contributed by atoms with E-state index in [9.17, 15) is 19.5 Å². The second kappa shape index (κ2) is 4.69. The van der Waals surface area contributed by atoms with Gasteiger partial charge in [-0.2, -0.15) is 0 Å². The van der Waals surface area contributed by atoms with Crippen LogP contribution in [0.25, 0.3) is 5.00 Å². The van der Waals surface area contributed by atoms with Crippen LogP contribution in [0.5, 0.6) is 0 Å². The minimum atomic E-state index is -1.22. The maximum Gasteiger partial charge on any atom is 0.346 e. The molecule has 0 fully saturated rings. The minimum Gasteiger partial charge on any atom is -0.478 e. The first-order chi connectivity index (χ1) is 8.97. The first-order valence-electron chi connectivity index (χ1n) is 5.20. The zero-order valence-electron chi connectivity index (χ0n) is 9.78. The lowest BCUT2D eigenvalue weighted by atomic mass is 10.1.